The molecule has 0 N–H and O–H groups in total. The van der Waals surface area contributed by atoms with Crippen LogP contribution in [0.5, 0.6) is 0 Å². The van der Waals surface area contributed by atoms with Crippen molar-refractivity contribution in [3.63, 3.8) is 0 Å². The van der Waals surface area contributed by atoms with E-state index in [2.05, 4.69) is 170 Å². The summed E-state index contributed by atoms with van der Waals surface area (Å²) < 4.78 is 5.08. The monoisotopic (exact) mass is 614 g/mol. The van der Waals surface area contributed by atoms with Crippen LogP contribution >= 0.6 is 0 Å². The highest BCUT2D eigenvalue weighted by Crippen LogP contribution is 2.43. The maximum absolute atomic E-state index is 2.56. The summed E-state index contributed by atoms with van der Waals surface area (Å²) in [5.41, 5.74) is 12.5. The summed E-state index contributed by atoms with van der Waals surface area (Å²) in [5.74, 6) is 0. The highest BCUT2D eigenvalue weighted by Gasteiger charge is 2.21. The van der Waals surface area contributed by atoms with Gasteiger partial charge in [0.1, 0.15) is 0 Å². The van der Waals surface area contributed by atoms with E-state index in [1.807, 2.05) is 0 Å². The summed E-state index contributed by atoms with van der Waals surface area (Å²) in [6.45, 7) is 8.86. The van der Waals surface area contributed by atoms with E-state index in [0.29, 0.717) is 0 Å². The molecule has 7 aromatic carbocycles. The number of nitrogens with zero attached hydrogens (tertiary/aromatic N) is 2. The number of aryl methyl sites for hydroxylation is 4. The molecular weight excluding hydrogens is 581 g/mol. The van der Waals surface area contributed by atoms with Crippen molar-refractivity contribution in [2.24, 2.45) is 0 Å². The molecule has 0 aliphatic carbocycles. The molecule has 0 atom stereocenters. The van der Waals surface area contributed by atoms with Gasteiger partial charge in [-0.15, -0.1) is 0 Å². The largest absolute Gasteiger partial charge is 0.309 e. The summed E-state index contributed by atoms with van der Waals surface area (Å²) in [5, 5.41) is 12.6. The SMILES string of the molecule is Cc1ccc2c(c1)c1cc(C)ccc1n2-c1ccc2c3cc(C)c(C)cc3n3c4ccccc4c4ccccc4c4ccccc4c1c23. The van der Waals surface area contributed by atoms with E-state index in [0.717, 1.165) is 0 Å². The zero-order valence-corrected chi connectivity index (χ0v) is 27.6. The molecular formula is C46H34N2. The Labute approximate surface area is 278 Å². The number of para-hydroxylation sites is 1. The average molecular weight is 615 g/mol. The topological polar surface area (TPSA) is 9.34 Å². The molecule has 2 nitrogen and oxygen atoms in total. The standard InChI is InChI=1S/C46H34N2/c1-27-17-20-41-37(23-27)38-24-28(2)18-21-42(38)47(41)43-22-19-36-39-25-29(3)30(4)26-44(39)48-40-16-10-9-14-34(40)32-12-6-5-11-31(32)33-13-7-8-15-35(33)45(43)46(36)48/h5-26H,1-4H3. The Morgan fingerprint density at radius 1 is 0.354 bits per heavy atom. The van der Waals surface area contributed by atoms with Crippen molar-refractivity contribution in [1.82, 2.24) is 8.97 Å². The van der Waals surface area contributed by atoms with Crippen molar-refractivity contribution in [2.45, 2.75) is 27.7 Å². The molecule has 0 saturated carbocycles. The van der Waals surface area contributed by atoms with Crippen LogP contribution in [-0.2, 0) is 0 Å². The van der Waals surface area contributed by atoms with Crippen LogP contribution in [0.15, 0.2) is 133 Å². The Morgan fingerprint density at radius 2 is 0.875 bits per heavy atom. The van der Waals surface area contributed by atoms with Crippen molar-refractivity contribution in [2.75, 3.05) is 0 Å². The number of aromatic nitrogens is 2. The molecule has 0 bridgehead atoms. The van der Waals surface area contributed by atoms with Gasteiger partial charge in [-0.25, -0.2) is 0 Å². The van der Waals surface area contributed by atoms with E-state index in [9.17, 15) is 0 Å². The van der Waals surface area contributed by atoms with Crippen LogP contribution in [0.2, 0.25) is 0 Å². The first kappa shape index (κ1) is 27.3. The highest BCUT2D eigenvalue weighted by atomic mass is 15.0. The van der Waals surface area contributed by atoms with Crippen molar-refractivity contribution >= 4 is 81.4 Å². The average Bonchev–Trinajstić information content (AvgIpc) is 3.60. The Bertz CT molecular complexity index is 2980. The van der Waals surface area contributed by atoms with Crippen LogP contribution < -0.4 is 0 Å². The van der Waals surface area contributed by atoms with Crippen LogP contribution in [0.1, 0.15) is 22.3 Å². The first-order valence-corrected chi connectivity index (χ1v) is 16.9. The van der Waals surface area contributed by atoms with Crippen molar-refractivity contribution in [3.05, 3.63) is 156 Å². The summed E-state index contributed by atoms with van der Waals surface area (Å²) in [4.78, 5) is 0. The van der Waals surface area contributed by atoms with Gasteiger partial charge in [0, 0.05) is 32.3 Å². The third-order valence-corrected chi connectivity index (χ3v) is 10.7. The van der Waals surface area contributed by atoms with E-state index >= 15 is 0 Å². The van der Waals surface area contributed by atoms with Gasteiger partial charge in [0.25, 0.3) is 0 Å². The minimum atomic E-state index is 1.19. The predicted octanol–water partition coefficient (Wildman–Crippen LogP) is 12.6. The lowest BCUT2D eigenvalue weighted by Crippen LogP contribution is -1.97. The lowest BCUT2D eigenvalue weighted by Gasteiger charge is -2.14. The van der Waals surface area contributed by atoms with Crippen molar-refractivity contribution in [1.29, 1.82) is 0 Å². The normalized spacial score (nSPS) is 12.2. The van der Waals surface area contributed by atoms with E-state index in [4.69, 9.17) is 0 Å². The van der Waals surface area contributed by atoms with E-state index < -0.39 is 0 Å². The van der Waals surface area contributed by atoms with Gasteiger partial charge >= 0.3 is 0 Å². The smallest absolute Gasteiger partial charge is 0.0641 e. The fourth-order valence-electron chi connectivity index (χ4n) is 8.35. The van der Waals surface area contributed by atoms with E-state index in [1.165, 1.54) is 109 Å². The van der Waals surface area contributed by atoms with Crippen molar-refractivity contribution < 1.29 is 0 Å². The maximum Gasteiger partial charge on any atom is 0.0641 e. The fourth-order valence-corrected chi connectivity index (χ4v) is 8.35. The molecule has 228 valence electrons. The first-order valence-electron chi connectivity index (χ1n) is 16.9. The highest BCUT2D eigenvalue weighted by molar-refractivity contribution is 6.27. The van der Waals surface area contributed by atoms with Crippen LogP contribution in [0, 0.1) is 27.7 Å². The summed E-state index contributed by atoms with van der Waals surface area (Å²) in [6, 6.07) is 50.3. The Hall–Kier alpha value is -5.86. The molecule has 0 radical (unpaired) electrons. The van der Waals surface area contributed by atoms with Gasteiger partial charge in [0.2, 0.25) is 0 Å². The van der Waals surface area contributed by atoms with Gasteiger partial charge < -0.3 is 8.97 Å². The number of fused-ring (bicyclic) bond motifs is 13. The zero-order chi connectivity index (χ0) is 32.3. The number of hydrogen-bond acceptors (Lipinski definition) is 0. The maximum atomic E-state index is 2.56. The third-order valence-electron chi connectivity index (χ3n) is 10.7. The lowest BCUT2D eigenvalue weighted by atomic mass is 9.99. The molecule has 0 saturated heterocycles. The molecule has 2 heteroatoms. The summed E-state index contributed by atoms with van der Waals surface area (Å²) >= 11 is 0. The zero-order valence-electron chi connectivity index (χ0n) is 27.6. The van der Waals surface area contributed by atoms with Crippen molar-refractivity contribution in [3.8, 4) is 5.69 Å². The molecule has 3 aromatic heterocycles. The van der Waals surface area contributed by atoms with E-state index in [-0.39, 0.29) is 0 Å². The van der Waals surface area contributed by atoms with Crippen LogP contribution in [0.25, 0.3) is 87.1 Å². The Morgan fingerprint density at radius 3 is 1.54 bits per heavy atom. The molecule has 0 aliphatic rings. The molecule has 0 fully saturated rings. The van der Waals surface area contributed by atoms with Crippen LogP contribution in [0.4, 0.5) is 0 Å². The molecule has 3 heterocycles. The minimum Gasteiger partial charge on any atom is -0.309 e. The molecule has 10 rings (SSSR count). The van der Waals surface area contributed by atoms with Crippen LogP contribution in [0.3, 0.4) is 0 Å². The molecule has 0 amide bonds. The predicted molar refractivity (Wildman–Crippen MR) is 207 cm³/mol. The Kier molecular flexibility index (Phi) is 5.58. The first-order chi connectivity index (χ1) is 23.5. The molecule has 0 aliphatic heterocycles. The summed E-state index contributed by atoms with van der Waals surface area (Å²) in [6.07, 6.45) is 0. The summed E-state index contributed by atoms with van der Waals surface area (Å²) in [7, 11) is 0. The fraction of sp³-hybridized carbons (Fsp3) is 0.0870. The van der Waals surface area contributed by atoms with Gasteiger partial charge in [-0.05, 0) is 109 Å². The Balaban J connectivity index is 1.61. The number of benzene rings is 7. The van der Waals surface area contributed by atoms with Gasteiger partial charge in [0.05, 0.1) is 33.3 Å². The third kappa shape index (κ3) is 3.63. The quantitative estimate of drug-likeness (QED) is 0.174. The number of hydrogen-bond donors (Lipinski definition) is 0. The molecule has 48 heavy (non-hydrogen) atoms. The lowest BCUT2D eigenvalue weighted by molar-refractivity contribution is 1.20. The van der Waals surface area contributed by atoms with Gasteiger partial charge in [0.15, 0.2) is 0 Å². The van der Waals surface area contributed by atoms with Crippen LogP contribution in [-0.4, -0.2) is 8.97 Å². The van der Waals surface area contributed by atoms with E-state index in [1.54, 1.807) is 0 Å². The number of rotatable bonds is 1. The second-order valence-corrected chi connectivity index (χ2v) is 13.6. The molecule has 0 unspecified atom stereocenters. The minimum absolute atomic E-state index is 1.19. The van der Waals surface area contributed by atoms with Gasteiger partial charge in [-0.1, -0.05) is 96.1 Å². The molecule has 10 aromatic rings. The second-order valence-electron chi connectivity index (χ2n) is 13.6. The van der Waals surface area contributed by atoms with Gasteiger partial charge in [-0.2, -0.15) is 0 Å². The molecule has 0 spiro atoms. The second kappa shape index (κ2) is 9.82. The van der Waals surface area contributed by atoms with Gasteiger partial charge in [-0.3, -0.25) is 0 Å².